The van der Waals surface area contributed by atoms with Gasteiger partial charge in [-0.05, 0) is 130 Å². The van der Waals surface area contributed by atoms with Crippen LogP contribution in [0.15, 0.2) is 227 Å². The third-order valence-corrected chi connectivity index (χ3v) is 13.6. The number of hydrogen-bond acceptors (Lipinski definition) is 2. The van der Waals surface area contributed by atoms with Crippen LogP contribution < -0.4 is 0 Å². The molecule has 2 heteroatoms. The summed E-state index contributed by atoms with van der Waals surface area (Å²) in [6.07, 6.45) is 0. The summed E-state index contributed by atoms with van der Waals surface area (Å²) in [5.41, 5.74) is 12.7. The first-order valence-electron chi connectivity index (χ1n) is 22.0. The van der Waals surface area contributed by atoms with E-state index in [0.29, 0.717) is 0 Å². The second-order valence-corrected chi connectivity index (χ2v) is 17.1. The van der Waals surface area contributed by atoms with E-state index in [1.165, 1.54) is 65.3 Å². The molecule has 0 atom stereocenters. The van der Waals surface area contributed by atoms with E-state index in [-0.39, 0.29) is 0 Å². The second-order valence-electron chi connectivity index (χ2n) is 17.1. The van der Waals surface area contributed by atoms with E-state index >= 15 is 0 Å². The third-order valence-electron chi connectivity index (χ3n) is 13.6. The summed E-state index contributed by atoms with van der Waals surface area (Å²) in [6, 6.07) is 79.4. The van der Waals surface area contributed by atoms with Crippen LogP contribution in [0.3, 0.4) is 0 Å². The Bertz CT molecular complexity index is 4030. The lowest BCUT2D eigenvalue weighted by Gasteiger charge is -2.20. The normalized spacial score (nSPS) is 12.1. The van der Waals surface area contributed by atoms with Crippen LogP contribution >= 0.6 is 0 Å². The van der Waals surface area contributed by atoms with E-state index < -0.39 is 0 Å². The maximum Gasteiger partial charge on any atom is 0.143 e. The van der Waals surface area contributed by atoms with Gasteiger partial charge in [-0.3, -0.25) is 0 Å². The van der Waals surface area contributed by atoms with Crippen molar-refractivity contribution in [1.29, 1.82) is 0 Å². The molecular formula is C62H36O2. The Labute approximate surface area is 367 Å². The van der Waals surface area contributed by atoms with Gasteiger partial charge in [-0.15, -0.1) is 0 Å². The highest BCUT2D eigenvalue weighted by Gasteiger charge is 2.23. The van der Waals surface area contributed by atoms with Crippen LogP contribution in [0.2, 0.25) is 0 Å². The summed E-state index contributed by atoms with van der Waals surface area (Å²) in [5, 5.41) is 16.4. The average molecular weight is 813 g/mol. The molecule has 296 valence electrons. The molecule has 0 spiro atoms. The number of hydrogen-bond donors (Lipinski definition) is 0. The Hall–Kier alpha value is -8.46. The molecule has 0 amide bonds. The maximum absolute atomic E-state index is 6.92. The first kappa shape index (κ1) is 35.2. The molecule has 0 aliphatic heterocycles. The number of rotatable bonds is 4. The molecule has 14 aromatic rings. The van der Waals surface area contributed by atoms with Gasteiger partial charge in [-0.1, -0.05) is 176 Å². The number of furan rings is 2. The monoisotopic (exact) mass is 812 g/mol. The fourth-order valence-electron chi connectivity index (χ4n) is 10.8. The van der Waals surface area contributed by atoms with E-state index in [1.54, 1.807) is 0 Å². The lowest BCUT2D eigenvalue weighted by atomic mass is 9.83. The number of fused-ring (bicyclic) bond motifs is 13. The van der Waals surface area contributed by atoms with Crippen molar-refractivity contribution in [2.24, 2.45) is 0 Å². The van der Waals surface area contributed by atoms with Gasteiger partial charge in [0.25, 0.3) is 0 Å². The number of benzene rings is 12. The van der Waals surface area contributed by atoms with Gasteiger partial charge < -0.3 is 8.83 Å². The minimum Gasteiger partial charge on any atom is -0.455 e. The maximum atomic E-state index is 6.92. The highest BCUT2D eigenvalue weighted by molar-refractivity contribution is 6.28. The van der Waals surface area contributed by atoms with Gasteiger partial charge in [0.05, 0.1) is 0 Å². The van der Waals surface area contributed by atoms with Crippen molar-refractivity contribution in [3.8, 4) is 44.5 Å². The fraction of sp³-hybridized carbons (Fsp3) is 0. The Balaban J connectivity index is 1.17. The Morgan fingerprint density at radius 2 is 0.672 bits per heavy atom. The second kappa shape index (κ2) is 13.5. The molecule has 0 unspecified atom stereocenters. The summed E-state index contributed by atoms with van der Waals surface area (Å²) >= 11 is 0. The van der Waals surface area contributed by atoms with Crippen molar-refractivity contribution in [2.75, 3.05) is 0 Å². The molecule has 2 nitrogen and oxygen atoms in total. The lowest BCUT2D eigenvalue weighted by molar-refractivity contribution is 0.670. The van der Waals surface area contributed by atoms with Gasteiger partial charge in [0.2, 0.25) is 0 Å². The molecule has 2 heterocycles. The van der Waals surface area contributed by atoms with Crippen LogP contribution in [-0.2, 0) is 0 Å². The summed E-state index contributed by atoms with van der Waals surface area (Å²) in [7, 11) is 0. The zero-order valence-electron chi connectivity index (χ0n) is 34.6. The molecular weight excluding hydrogens is 777 g/mol. The van der Waals surface area contributed by atoms with Crippen molar-refractivity contribution < 1.29 is 8.83 Å². The van der Waals surface area contributed by atoms with E-state index in [0.717, 1.165) is 76.9 Å². The minimum atomic E-state index is 0.888. The Morgan fingerprint density at radius 1 is 0.234 bits per heavy atom. The van der Waals surface area contributed by atoms with Gasteiger partial charge in [-0.2, -0.15) is 0 Å². The molecule has 0 fully saturated rings. The van der Waals surface area contributed by atoms with E-state index in [2.05, 4.69) is 218 Å². The van der Waals surface area contributed by atoms with Gasteiger partial charge in [0, 0.05) is 32.7 Å². The zero-order valence-corrected chi connectivity index (χ0v) is 34.6. The quantitative estimate of drug-likeness (QED) is 0.166. The third kappa shape index (κ3) is 5.08. The molecule has 14 rings (SSSR count). The van der Waals surface area contributed by atoms with Crippen LogP contribution in [0.4, 0.5) is 0 Å². The van der Waals surface area contributed by atoms with Crippen molar-refractivity contribution in [3.63, 3.8) is 0 Å². The van der Waals surface area contributed by atoms with Gasteiger partial charge in [-0.25, -0.2) is 0 Å². The predicted molar refractivity (Wildman–Crippen MR) is 270 cm³/mol. The standard InChI is InChI=1S/C62H36O2/c1-2-16-37(17-3-1)41-32-38-18-4-7-21-42(38)53(35-41)58-47-28-14-26-45(54-33-39-19-5-8-22-43(39)59-49-24-10-12-30-56(49)63-61(54)59)51(47)36-52-46(27-15-29-48(52)58)55-34-40-20-6-9-23-44(40)60-50-25-11-13-31-57(50)64-62(55)60/h1-36H. The molecule has 0 bridgehead atoms. The van der Waals surface area contributed by atoms with Crippen LogP contribution in [0.1, 0.15) is 0 Å². The number of para-hydroxylation sites is 2. The molecule has 0 saturated carbocycles. The summed E-state index contributed by atoms with van der Waals surface area (Å²) in [5.74, 6) is 0. The SMILES string of the molecule is c1ccc(-c2cc(-c3c4cccc(-c5cc6ccccc6c6c5oc5ccccc56)c4cc4c(-c5cc6ccccc6c6c5oc5ccccc56)cccc34)c3ccccc3c2)cc1. The first-order chi connectivity index (χ1) is 31.7. The van der Waals surface area contributed by atoms with E-state index in [4.69, 9.17) is 8.83 Å². The molecule has 64 heavy (non-hydrogen) atoms. The van der Waals surface area contributed by atoms with Crippen molar-refractivity contribution in [2.45, 2.75) is 0 Å². The minimum absolute atomic E-state index is 0.888. The largest absolute Gasteiger partial charge is 0.455 e. The topological polar surface area (TPSA) is 26.3 Å². The molecule has 0 aliphatic carbocycles. The van der Waals surface area contributed by atoms with E-state index in [9.17, 15) is 0 Å². The first-order valence-corrected chi connectivity index (χ1v) is 22.0. The van der Waals surface area contributed by atoms with Crippen molar-refractivity contribution in [3.05, 3.63) is 218 Å². The summed E-state index contributed by atoms with van der Waals surface area (Å²) in [6.45, 7) is 0. The van der Waals surface area contributed by atoms with Crippen molar-refractivity contribution >= 4 is 97.7 Å². The van der Waals surface area contributed by atoms with Gasteiger partial charge in [0.15, 0.2) is 0 Å². The molecule has 0 N–H and O–H groups in total. The van der Waals surface area contributed by atoms with Crippen molar-refractivity contribution in [1.82, 2.24) is 0 Å². The average Bonchev–Trinajstić information content (AvgIpc) is 3.95. The highest BCUT2D eigenvalue weighted by Crippen LogP contribution is 2.50. The lowest BCUT2D eigenvalue weighted by Crippen LogP contribution is -1.93. The molecule has 0 saturated heterocycles. The molecule has 2 aromatic heterocycles. The van der Waals surface area contributed by atoms with Crippen LogP contribution in [0.5, 0.6) is 0 Å². The zero-order chi connectivity index (χ0) is 41.9. The molecule has 0 aliphatic rings. The molecule has 0 radical (unpaired) electrons. The van der Waals surface area contributed by atoms with Gasteiger partial charge in [0.1, 0.15) is 22.3 Å². The Morgan fingerprint density at radius 3 is 1.22 bits per heavy atom. The highest BCUT2D eigenvalue weighted by atomic mass is 16.3. The van der Waals surface area contributed by atoms with E-state index in [1.807, 2.05) is 0 Å². The van der Waals surface area contributed by atoms with Crippen LogP contribution in [-0.4, -0.2) is 0 Å². The molecule has 12 aromatic carbocycles. The van der Waals surface area contributed by atoms with Crippen LogP contribution in [0.25, 0.3) is 142 Å². The Kier molecular flexibility index (Phi) is 7.43. The summed E-state index contributed by atoms with van der Waals surface area (Å²) < 4.78 is 13.8. The fourth-order valence-corrected chi connectivity index (χ4v) is 10.8. The van der Waals surface area contributed by atoms with Gasteiger partial charge >= 0.3 is 0 Å². The predicted octanol–water partition coefficient (Wildman–Crippen LogP) is 17.9. The summed E-state index contributed by atoms with van der Waals surface area (Å²) in [4.78, 5) is 0. The van der Waals surface area contributed by atoms with Crippen LogP contribution in [0, 0.1) is 0 Å². The smallest absolute Gasteiger partial charge is 0.143 e.